The standard InChI is InChI=1S/C22H33N5.HI/c1-22(2,3)20-8-6-17(7-9-20)13-24-21(23-4)27-11-10-18(16-27)12-19-14-25-26(5)15-19;/h6-9,14-15,18H,10-13,16H2,1-5H3,(H,23,24);1H. The molecule has 0 amide bonds. The molecule has 0 bridgehead atoms. The lowest BCUT2D eigenvalue weighted by molar-refractivity contribution is 0.459. The third-order valence-electron chi connectivity index (χ3n) is 5.35. The number of aryl methyl sites for hydroxylation is 1. The van der Waals surface area contributed by atoms with Crippen molar-refractivity contribution in [3.8, 4) is 0 Å². The minimum absolute atomic E-state index is 0. The van der Waals surface area contributed by atoms with Crippen LogP contribution >= 0.6 is 24.0 Å². The monoisotopic (exact) mass is 495 g/mol. The molecule has 0 spiro atoms. The minimum Gasteiger partial charge on any atom is -0.352 e. The van der Waals surface area contributed by atoms with E-state index in [4.69, 9.17) is 0 Å². The number of nitrogens with one attached hydrogen (secondary N) is 1. The fraction of sp³-hybridized carbons (Fsp3) is 0.545. The van der Waals surface area contributed by atoms with Crippen LogP contribution in [0.15, 0.2) is 41.7 Å². The van der Waals surface area contributed by atoms with Crippen molar-refractivity contribution in [3.05, 3.63) is 53.3 Å². The summed E-state index contributed by atoms with van der Waals surface area (Å²) in [6.07, 6.45) is 6.40. The van der Waals surface area contributed by atoms with E-state index >= 15 is 0 Å². The molecule has 2 heterocycles. The third kappa shape index (κ3) is 5.96. The van der Waals surface area contributed by atoms with Crippen LogP contribution in [0.4, 0.5) is 0 Å². The topological polar surface area (TPSA) is 45.5 Å². The van der Waals surface area contributed by atoms with E-state index in [1.165, 1.54) is 23.1 Å². The normalized spacial score (nSPS) is 17.5. The lowest BCUT2D eigenvalue weighted by atomic mass is 9.87. The van der Waals surface area contributed by atoms with Gasteiger partial charge in [0.05, 0.1) is 6.20 Å². The molecule has 0 saturated carbocycles. The maximum atomic E-state index is 4.50. The Balaban J connectivity index is 0.00000280. The van der Waals surface area contributed by atoms with Crippen LogP contribution in [0, 0.1) is 5.92 Å². The number of aliphatic imine (C=N–C) groups is 1. The van der Waals surface area contributed by atoms with E-state index in [1.807, 2.05) is 25.0 Å². The summed E-state index contributed by atoms with van der Waals surface area (Å²) in [5, 5.41) is 7.81. The zero-order valence-electron chi connectivity index (χ0n) is 17.8. The molecule has 1 aromatic carbocycles. The van der Waals surface area contributed by atoms with Gasteiger partial charge in [0, 0.05) is 39.9 Å². The number of hydrogen-bond acceptors (Lipinski definition) is 2. The molecule has 1 atom stereocenters. The van der Waals surface area contributed by atoms with E-state index in [9.17, 15) is 0 Å². The van der Waals surface area contributed by atoms with Gasteiger partial charge in [-0.2, -0.15) is 5.10 Å². The van der Waals surface area contributed by atoms with Crippen LogP contribution in [0.3, 0.4) is 0 Å². The second kappa shape index (κ2) is 9.76. The van der Waals surface area contributed by atoms with Gasteiger partial charge < -0.3 is 10.2 Å². The molecule has 1 aliphatic rings. The van der Waals surface area contributed by atoms with E-state index in [-0.39, 0.29) is 29.4 Å². The number of likely N-dealkylation sites (tertiary alicyclic amines) is 1. The van der Waals surface area contributed by atoms with Crippen molar-refractivity contribution < 1.29 is 0 Å². The lowest BCUT2D eigenvalue weighted by Crippen LogP contribution is -2.39. The molecular formula is C22H34IN5. The Morgan fingerprint density at radius 2 is 1.93 bits per heavy atom. The number of halogens is 1. The van der Waals surface area contributed by atoms with Crippen molar-refractivity contribution in [1.29, 1.82) is 0 Å². The number of nitrogens with zero attached hydrogens (tertiary/aromatic N) is 4. The molecule has 28 heavy (non-hydrogen) atoms. The van der Waals surface area contributed by atoms with Crippen molar-refractivity contribution in [2.24, 2.45) is 18.0 Å². The molecule has 0 aliphatic carbocycles. The van der Waals surface area contributed by atoms with Gasteiger partial charge in [-0.1, -0.05) is 45.0 Å². The maximum absolute atomic E-state index is 4.50. The van der Waals surface area contributed by atoms with Crippen LogP contribution < -0.4 is 5.32 Å². The first-order chi connectivity index (χ1) is 12.8. The van der Waals surface area contributed by atoms with E-state index < -0.39 is 0 Å². The first-order valence-corrected chi connectivity index (χ1v) is 9.87. The van der Waals surface area contributed by atoms with Crippen molar-refractivity contribution in [2.45, 2.75) is 45.6 Å². The average molecular weight is 495 g/mol. The highest BCUT2D eigenvalue weighted by Gasteiger charge is 2.25. The molecule has 1 saturated heterocycles. The average Bonchev–Trinajstić information content (AvgIpc) is 3.25. The minimum atomic E-state index is 0. The Morgan fingerprint density at radius 3 is 2.50 bits per heavy atom. The first kappa shape index (κ1) is 22.7. The number of aromatic nitrogens is 2. The van der Waals surface area contributed by atoms with Gasteiger partial charge in [0.25, 0.3) is 0 Å². The molecule has 1 aliphatic heterocycles. The van der Waals surface area contributed by atoms with Gasteiger partial charge in [0.1, 0.15) is 0 Å². The molecule has 154 valence electrons. The Morgan fingerprint density at radius 1 is 1.21 bits per heavy atom. The van der Waals surface area contributed by atoms with Crippen molar-refractivity contribution in [2.75, 3.05) is 20.1 Å². The lowest BCUT2D eigenvalue weighted by Gasteiger charge is -2.22. The molecule has 1 unspecified atom stereocenters. The van der Waals surface area contributed by atoms with Gasteiger partial charge in [-0.05, 0) is 40.9 Å². The van der Waals surface area contributed by atoms with Crippen LogP contribution in [-0.2, 0) is 25.4 Å². The zero-order chi connectivity index (χ0) is 19.4. The van der Waals surface area contributed by atoms with Crippen LogP contribution in [0.5, 0.6) is 0 Å². The van der Waals surface area contributed by atoms with E-state index in [0.29, 0.717) is 5.92 Å². The van der Waals surface area contributed by atoms with Gasteiger partial charge in [-0.3, -0.25) is 9.67 Å². The summed E-state index contributed by atoms with van der Waals surface area (Å²) in [5.74, 6) is 1.67. The second-order valence-corrected chi connectivity index (χ2v) is 8.67. The van der Waals surface area contributed by atoms with Crippen molar-refractivity contribution in [3.63, 3.8) is 0 Å². The maximum Gasteiger partial charge on any atom is 0.193 e. The summed E-state index contributed by atoms with van der Waals surface area (Å²) < 4.78 is 1.88. The highest BCUT2D eigenvalue weighted by Crippen LogP contribution is 2.23. The van der Waals surface area contributed by atoms with Crippen LogP contribution in [0.2, 0.25) is 0 Å². The fourth-order valence-electron chi connectivity index (χ4n) is 3.74. The van der Waals surface area contributed by atoms with E-state index in [2.05, 4.69) is 71.5 Å². The molecule has 1 fully saturated rings. The molecule has 0 radical (unpaired) electrons. The van der Waals surface area contributed by atoms with Crippen LogP contribution in [0.1, 0.15) is 43.9 Å². The summed E-state index contributed by atoms with van der Waals surface area (Å²) in [7, 11) is 3.85. The SMILES string of the molecule is CN=C(NCc1ccc(C(C)(C)C)cc1)N1CCC(Cc2cnn(C)c2)C1.I. The Labute approximate surface area is 186 Å². The Kier molecular flexibility index (Phi) is 7.92. The molecular weight excluding hydrogens is 461 g/mol. The molecule has 5 nitrogen and oxygen atoms in total. The number of benzene rings is 1. The highest BCUT2D eigenvalue weighted by atomic mass is 127. The predicted octanol–water partition coefficient (Wildman–Crippen LogP) is 3.98. The predicted molar refractivity (Wildman–Crippen MR) is 127 cm³/mol. The molecule has 6 heteroatoms. The fourth-order valence-corrected chi connectivity index (χ4v) is 3.74. The quantitative estimate of drug-likeness (QED) is 0.397. The van der Waals surface area contributed by atoms with Crippen LogP contribution in [0.25, 0.3) is 0 Å². The number of guanidine groups is 1. The van der Waals surface area contributed by atoms with Gasteiger partial charge in [-0.25, -0.2) is 0 Å². The van der Waals surface area contributed by atoms with E-state index in [0.717, 1.165) is 32.0 Å². The summed E-state index contributed by atoms with van der Waals surface area (Å²) in [4.78, 5) is 6.88. The molecule has 3 rings (SSSR count). The van der Waals surface area contributed by atoms with Crippen LogP contribution in [-0.4, -0.2) is 40.8 Å². The van der Waals surface area contributed by atoms with Crippen molar-refractivity contribution in [1.82, 2.24) is 20.0 Å². The largest absolute Gasteiger partial charge is 0.352 e. The Hall–Kier alpha value is -1.57. The first-order valence-electron chi connectivity index (χ1n) is 9.87. The van der Waals surface area contributed by atoms with Gasteiger partial charge in [0.2, 0.25) is 0 Å². The second-order valence-electron chi connectivity index (χ2n) is 8.67. The zero-order valence-corrected chi connectivity index (χ0v) is 20.1. The summed E-state index contributed by atoms with van der Waals surface area (Å²) in [6.45, 7) is 9.66. The van der Waals surface area contributed by atoms with Gasteiger partial charge in [0.15, 0.2) is 5.96 Å². The van der Waals surface area contributed by atoms with Gasteiger partial charge >= 0.3 is 0 Å². The Bertz CT molecular complexity index is 773. The molecule has 1 aromatic heterocycles. The molecule has 1 N–H and O–H groups in total. The smallest absolute Gasteiger partial charge is 0.193 e. The summed E-state index contributed by atoms with van der Waals surface area (Å²) in [5.41, 5.74) is 4.18. The number of hydrogen-bond donors (Lipinski definition) is 1. The van der Waals surface area contributed by atoms with E-state index in [1.54, 1.807) is 0 Å². The summed E-state index contributed by atoms with van der Waals surface area (Å²) >= 11 is 0. The third-order valence-corrected chi connectivity index (χ3v) is 5.35. The molecule has 2 aromatic rings. The van der Waals surface area contributed by atoms with Crippen molar-refractivity contribution >= 4 is 29.9 Å². The number of rotatable bonds is 4. The highest BCUT2D eigenvalue weighted by molar-refractivity contribution is 14.0. The summed E-state index contributed by atoms with van der Waals surface area (Å²) in [6, 6.07) is 8.91. The van der Waals surface area contributed by atoms with Gasteiger partial charge in [-0.15, -0.1) is 24.0 Å².